The normalized spacial score (nSPS) is 14.0. The predicted molar refractivity (Wildman–Crippen MR) is 123 cm³/mol. The number of aliphatic imine (C=N–C) groups is 1. The van der Waals surface area contributed by atoms with Crippen LogP contribution in [-0.2, 0) is 0 Å². The maximum absolute atomic E-state index is 12.5. The Kier molecular flexibility index (Phi) is 5.96. The van der Waals surface area contributed by atoms with Crippen LogP contribution < -0.4 is 10.1 Å². The lowest BCUT2D eigenvalue weighted by molar-refractivity contribution is 0.104. The quantitative estimate of drug-likeness (QED) is 0.443. The van der Waals surface area contributed by atoms with E-state index in [0.29, 0.717) is 5.56 Å². The molecule has 3 aromatic rings. The summed E-state index contributed by atoms with van der Waals surface area (Å²) in [5.41, 5.74) is 2.60. The van der Waals surface area contributed by atoms with Crippen molar-refractivity contribution >= 4 is 45.2 Å². The highest BCUT2D eigenvalue weighted by Gasteiger charge is 2.07. The van der Waals surface area contributed by atoms with Gasteiger partial charge >= 0.3 is 0 Å². The van der Waals surface area contributed by atoms with Crippen molar-refractivity contribution in [3.8, 4) is 5.75 Å². The molecule has 1 N–H and O–H groups in total. The van der Waals surface area contributed by atoms with Gasteiger partial charge in [0.15, 0.2) is 11.0 Å². The van der Waals surface area contributed by atoms with E-state index in [1.165, 1.54) is 0 Å². The summed E-state index contributed by atoms with van der Waals surface area (Å²) >= 11 is 1.73. The second kappa shape index (κ2) is 8.97. The Bertz CT molecular complexity index is 1090. The Balaban J connectivity index is 1.43. The van der Waals surface area contributed by atoms with Crippen LogP contribution in [0, 0.1) is 0 Å². The summed E-state index contributed by atoms with van der Waals surface area (Å²) in [6, 6.07) is 19.6. The monoisotopic (exact) mass is 402 g/mol. The van der Waals surface area contributed by atoms with Crippen LogP contribution in [-0.4, -0.2) is 30.4 Å². The molecule has 1 aliphatic rings. The number of hydrogen-bond donors (Lipinski definition) is 1. The molecule has 0 fully saturated rings. The third kappa shape index (κ3) is 4.87. The Labute approximate surface area is 174 Å². The van der Waals surface area contributed by atoms with Crippen molar-refractivity contribution in [2.75, 3.05) is 24.7 Å². The number of amidine groups is 1. The molecule has 0 radical (unpaired) electrons. The number of hydrogen-bond acceptors (Lipinski definition) is 5. The molecule has 1 aliphatic heterocycles. The number of fused-ring (bicyclic) bond motifs is 1. The van der Waals surface area contributed by atoms with Gasteiger partial charge in [-0.1, -0.05) is 36.0 Å². The van der Waals surface area contributed by atoms with E-state index in [1.807, 2.05) is 60.7 Å². The van der Waals surface area contributed by atoms with Crippen molar-refractivity contribution in [1.29, 1.82) is 0 Å². The van der Waals surface area contributed by atoms with Gasteiger partial charge in [-0.2, -0.15) is 0 Å². The molecule has 0 unspecified atom stereocenters. The topological polar surface area (TPSA) is 50.7 Å². The molecular weight excluding hydrogens is 380 g/mol. The van der Waals surface area contributed by atoms with Gasteiger partial charge in [-0.05, 0) is 71.3 Å². The van der Waals surface area contributed by atoms with Crippen molar-refractivity contribution in [2.45, 2.75) is 6.42 Å². The second-order valence-corrected chi connectivity index (χ2v) is 7.84. The zero-order valence-corrected chi connectivity index (χ0v) is 17.0. The van der Waals surface area contributed by atoms with Gasteiger partial charge in [0.05, 0.1) is 7.11 Å². The minimum Gasteiger partial charge on any atom is -0.497 e. The molecule has 4 rings (SSSR count). The van der Waals surface area contributed by atoms with E-state index in [2.05, 4.69) is 16.4 Å². The molecule has 0 aliphatic carbocycles. The summed E-state index contributed by atoms with van der Waals surface area (Å²) in [6.45, 7) is 0.874. The fraction of sp³-hybridized carbons (Fsp3) is 0.167. The average molecular weight is 403 g/mol. The molecule has 0 bridgehead atoms. The van der Waals surface area contributed by atoms with Gasteiger partial charge in [-0.3, -0.25) is 9.79 Å². The third-order valence-electron chi connectivity index (χ3n) is 4.72. The van der Waals surface area contributed by atoms with Gasteiger partial charge < -0.3 is 10.1 Å². The first-order chi connectivity index (χ1) is 14.2. The zero-order valence-electron chi connectivity index (χ0n) is 16.2. The van der Waals surface area contributed by atoms with Crippen molar-refractivity contribution in [3.63, 3.8) is 0 Å². The highest BCUT2D eigenvalue weighted by atomic mass is 32.2. The number of anilines is 1. The Morgan fingerprint density at radius 3 is 2.62 bits per heavy atom. The van der Waals surface area contributed by atoms with Crippen LogP contribution >= 0.6 is 11.8 Å². The Morgan fingerprint density at radius 2 is 1.86 bits per heavy atom. The van der Waals surface area contributed by atoms with E-state index < -0.39 is 0 Å². The number of carbonyl (C=O) groups excluding carboxylic acids is 1. The molecule has 0 atom stereocenters. The molecule has 1 heterocycles. The summed E-state index contributed by atoms with van der Waals surface area (Å²) in [5, 5.41) is 6.47. The maximum atomic E-state index is 12.5. The lowest BCUT2D eigenvalue weighted by atomic mass is 10.0. The van der Waals surface area contributed by atoms with Crippen LogP contribution in [0.3, 0.4) is 0 Å². The van der Waals surface area contributed by atoms with E-state index in [9.17, 15) is 4.79 Å². The Hall–Kier alpha value is -3.05. The molecule has 4 nitrogen and oxygen atoms in total. The van der Waals surface area contributed by atoms with Gasteiger partial charge in [0.2, 0.25) is 0 Å². The first-order valence-corrected chi connectivity index (χ1v) is 10.5. The summed E-state index contributed by atoms with van der Waals surface area (Å²) in [4.78, 5) is 17.0. The van der Waals surface area contributed by atoms with Gasteiger partial charge in [0, 0.05) is 23.5 Å². The molecule has 5 heteroatoms. The van der Waals surface area contributed by atoms with Crippen molar-refractivity contribution in [3.05, 3.63) is 77.9 Å². The minimum absolute atomic E-state index is 0.0178. The number of methoxy groups -OCH3 is 1. The van der Waals surface area contributed by atoms with Gasteiger partial charge in [0.25, 0.3) is 0 Å². The van der Waals surface area contributed by atoms with Crippen LogP contribution in [0.1, 0.15) is 22.3 Å². The van der Waals surface area contributed by atoms with Crippen LogP contribution in [0.5, 0.6) is 5.75 Å². The van der Waals surface area contributed by atoms with Gasteiger partial charge in [0.1, 0.15) is 5.75 Å². The second-order valence-electron chi connectivity index (χ2n) is 6.76. The highest BCUT2D eigenvalue weighted by Crippen LogP contribution is 2.22. The number of ether oxygens (including phenoxy) is 1. The molecule has 3 aromatic carbocycles. The Morgan fingerprint density at radius 1 is 1.07 bits per heavy atom. The fourth-order valence-corrected chi connectivity index (χ4v) is 3.96. The lowest BCUT2D eigenvalue weighted by Gasteiger charge is -2.13. The number of nitrogens with one attached hydrogen (secondary N) is 1. The van der Waals surface area contributed by atoms with E-state index in [-0.39, 0.29) is 5.78 Å². The van der Waals surface area contributed by atoms with E-state index in [1.54, 1.807) is 24.9 Å². The first kappa shape index (κ1) is 19.3. The molecule has 29 heavy (non-hydrogen) atoms. The average Bonchev–Trinajstić information content (AvgIpc) is 2.78. The predicted octanol–water partition coefficient (Wildman–Crippen LogP) is 5.65. The number of rotatable bonds is 5. The number of nitrogens with zero attached hydrogens (tertiary/aromatic N) is 1. The summed E-state index contributed by atoms with van der Waals surface area (Å²) in [6.07, 6.45) is 4.60. The molecule has 0 saturated heterocycles. The van der Waals surface area contributed by atoms with Gasteiger partial charge in [-0.15, -0.1) is 0 Å². The lowest BCUT2D eigenvalue weighted by Crippen LogP contribution is -2.13. The minimum atomic E-state index is -0.0178. The summed E-state index contributed by atoms with van der Waals surface area (Å²) < 4.78 is 5.26. The molecule has 0 amide bonds. The van der Waals surface area contributed by atoms with Crippen molar-refractivity contribution in [2.24, 2.45) is 4.99 Å². The van der Waals surface area contributed by atoms with E-state index >= 15 is 0 Å². The summed E-state index contributed by atoms with van der Waals surface area (Å²) in [7, 11) is 1.66. The number of allylic oxidation sites excluding steroid dienone is 1. The largest absolute Gasteiger partial charge is 0.497 e. The van der Waals surface area contributed by atoms with Crippen molar-refractivity contribution in [1.82, 2.24) is 0 Å². The van der Waals surface area contributed by atoms with Crippen LogP contribution in [0.2, 0.25) is 0 Å². The highest BCUT2D eigenvalue weighted by molar-refractivity contribution is 8.14. The molecular formula is C24H22N2O2S. The van der Waals surface area contributed by atoms with Gasteiger partial charge in [-0.25, -0.2) is 0 Å². The van der Waals surface area contributed by atoms with Crippen LogP contribution in [0.4, 0.5) is 5.69 Å². The third-order valence-corrected chi connectivity index (χ3v) is 5.71. The van der Waals surface area contributed by atoms with Crippen LogP contribution in [0.15, 0.2) is 71.7 Å². The SMILES string of the molecule is COc1ccc2cc(/C=C/C(=O)c3ccc(NC4=NCCCS4)cc3)ccc2c1. The standard InChI is InChI=1S/C24H22N2O2S/c1-28-22-11-8-19-15-17(3-5-20(19)16-22)4-12-23(27)18-6-9-21(10-7-18)26-24-25-13-2-14-29-24/h3-12,15-16H,2,13-14H2,1H3,(H,25,26)/b12-4+. The van der Waals surface area contributed by atoms with E-state index in [0.717, 1.165) is 51.7 Å². The number of ketones is 1. The van der Waals surface area contributed by atoms with E-state index in [4.69, 9.17) is 4.74 Å². The molecule has 0 aromatic heterocycles. The molecule has 0 spiro atoms. The smallest absolute Gasteiger partial charge is 0.185 e. The number of carbonyl (C=O) groups is 1. The van der Waals surface area contributed by atoms with Crippen LogP contribution in [0.25, 0.3) is 16.8 Å². The number of thioether (sulfide) groups is 1. The zero-order chi connectivity index (χ0) is 20.1. The molecule has 0 saturated carbocycles. The maximum Gasteiger partial charge on any atom is 0.185 e. The van der Waals surface area contributed by atoms with Crippen molar-refractivity contribution < 1.29 is 9.53 Å². The molecule has 146 valence electrons. The fourth-order valence-electron chi connectivity index (χ4n) is 3.12. The summed E-state index contributed by atoms with van der Waals surface area (Å²) in [5.74, 6) is 1.91. The first-order valence-electron chi connectivity index (χ1n) is 9.56. The number of benzene rings is 3.